The van der Waals surface area contributed by atoms with Gasteiger partial charge in [0.2, 0.25) is 0 Å². The van der Waals surface area contributed by atoms with E-state index >= 15 is 0 Å². The molecule has 2 heterocycles. The zero-order chi connectivity index (χ0) is 19.6. The third kappa shape index (κ3) is 4.48. The van der Waals surface area contributed by atoms with Gasteiger partial charge in [0.25, 0.3) is 0 Å². The highest BCUT2D eigenvalue weighted by atomic mass is 79.9. The summed E-state index contributed by atoms with van der Waals surface area (Å²) in [6.07, 6.45) is 4.79. The van der Waals surface area contributed by atoms with E-state index in [-0.39, 0.29) is 5.41 Å². The van der Waals surface area contributed by atoms with Crippen LogP contribution < -0.4 is 0 Å². The summed E-state index contributed by atoms with van der Waals surface area (Å²) in [4.78, 5) is 0. The van der Waals surface area contributed by atoms with E-state index in [1.807, 2.05) is 0 Å². The number of halogens is 2. The standard InChI is InChI=1S/C23H27Br2NO2/c1-23(15-28-16-23)14-27-11-5-3-2-4-10-26-21-8-6-17(24)12-19(21)20-13-18(25)7-9-22(20)26/h6-9,12-13H,2-5,10-11,14-16H2,1H3. The number of aromatic nitrogens is 1. The van der Waals surface area contributed by atoms with Gasteiger partial charge in [-0.2, -0.15) is 0 Å². The zero-order valence-corrected chi connectivity index (χ0v) is 19.5. The number of fused-ring (bicyclic) bond motifs is 3. The van der Waals surface area contributed by atoms with Crippen molar-refractivity contribution in [2.45, 2.75) is 39.2 Å². The molecule has 0 aliphatic carbocycles. The van der Waals surface area contributed by atoms with Crippen LogP contribution in [-0.4, -0.2) is 31.0 Å². The predicted octanol–water partition coefficient (Wildman–Crippen LogP) is 6.93. The minimum Gasteiger partial charge on any atom is -0.381 e. The third-order valence-corrected chi connectivity index (χ3v) is 6.55. The summed E-state index contributed by atoms with van der Waals surface area (Å²) >= 11 is 7.24. The molecule has 0 saturated carbocycles. The molecule has 150 valence electrons. The van der Waals surface area contributed by atoms with Crippen molar-refractivity contribution in [3.8, 4) is 0 Å². The fraction of sp³-hybridized carbons (Fsp3) is 0.478. The van der Waals surface area contributed by atoms with Crippen molar-refractivity contribution in [2.24, 2.45) is 5.41 Å². The fourth-order valence-electron chi connectivity index (χ4n) is 3.97. The van der Waals surface area contributed by atoms with E-state index in [9.17, 15) is 0 Å². The van der Waals surface area contributed by atoms with E-state index in [4.69, 9.17) is 9.47 Å². The SMILES string of the molecule is CC1(COCCCCCCn2c3ccc(Br)cc3c3cc(Br)ccc32)COC1. The molecule has 0 radical (unpaired) electrons. The van der Waals surface area contributed by atoms with Crippen molar-refractivity contribution in [1.82, 2.24) is 4.57 Å². The number of aryl methyl sites for hydroxylation is 1. The summed E-state index contributed by atoms with van der Waals surface area (Å²) < 4.78 is 15.8. The molecule has 4 rings (SSSR count). The van der Waals surface area contributed by atoms with Crippen LogP contribution in [0.3, 0.4) is 0 Å². The number of ether oxygens (including phenoxy) is 2. The highest BCUT2D eigenvalue weighted by Crippen LogP contribution is 2.33. The molecule has 1 aliphatic rings. The molecule has 0 spiro atoms. The molecule has 1 aromatic heterocycles. The summed E-state index contributed by atoms with van der Waals surface area (Å²) in [7, 11) is 0. The normalized spacial score (nSPS) is 16.0. The van der Waals surface area contributed by atoms with E-state index in [0.29, 0.717) is 0 Å². The van der Waals surface area contributed by atoms with Crippen LogP contribution in [0.5, 0.6) is 0 Å². The lowest BCUT2D eigenvalue weighted by molar-refractivity contribution is -0.137. The highest BCUT2D eigenvalue weighted by molar-refractivity contribution is 9.10. The van der Waals surface area contributed by atoms with E-state index in [0.717, 1.165) is 48.3 Å². The number of benzene rings is 2. The maximum absolute atomic E-state index is 5.84. The number of unbranched alkanes of at least 4 members (excludes halogenated alkanes) is 3. The van der Waals surface area contributed by atoms with Gasteiger partial charge in [-0.15, -0.1) is 0 Å². The Morgan fingerprint density at radius 2 is 1.54 bits per heavy atom. The van der Waals surface area contributed by atoms with Crippen LogP contribution in [0.15, 0.2) is 45.3 Å². The first-order chi connectivity index (χ1) is 13.6. The van der Waals surface area contributed by atoms with Crippen molar-refractivity contribution >= 4 is 53.7 Å². The molecule has 0 bridgehead atoms. The van der Waals surface area contributed by atoms with Crippen LogP contribution in [0, 0.1) is 5.41 Å². The first-order valence-corrected chi connectivity index (χ1v) is 11.7. The van der Waals surface area contributed by atoms with Crippen molar-refractivity contribution in [2.75, 3.05) is 26.4 Å². The van der Waals surface area contributed by atoms with E-state index in [1.54, 1.807) is 0 Å². The first kappa shape index (κ1) is 20.4. The molecule has 2 aromatic carbocycles. The molecule has 0 N–H and O–H groups in total. The Balaban J connectivity index is 1.32. The van der Waals surface area contributed by atoms with Gasteiger partial charge >= 0.3 is 0 Å². The van der Waals surface area contributed by atoms with Gasteiger partial charge in [-0.05, 0) is 49.2 Å². The minimum absolute atomic E-state index is 0.264. The summed E-state index contributed by atoms with van der Waals surface area (Å²) in [5.41, 5.74) is 2.90. The summed E-state index contributed by atoms with van der Waals surface area (Å²) in [5, 5.41) is 2.63. The number of rotatable bonds is 9. The average molecular weight is 509 g/mol. The van der Waals surface area contributed by atoms with Crippen LogP contribution >= 0.6 is 31.9 Å². The lowest BCUT2D eigenvalue weighted by Gasteiger charge is -2.37. The number of hydrogen-bond acceptors (Lipinski definition) is 2. The van der Waals surface area contributed by atoms with Crippen LogP contribution in [0.25, 0.3) is 21.8 Å². The molecular formula is C23H27Br2NO2. The second-order valence-electron chi connectivity index (χ2n) is 8.24. The van der Waals surface area contributed by atoms with Gasteiger partial charge in [0.05, 0.1) is 19.8 Å². The Bertz CT molecular complexity index is 903. The van der Waals surface area contributed by atoms with Gasteiger partial charge in [0, 0.05) is 49.3 Å². The average Bonchev–Trinajstić information content (AvgIpc) is 2.95. The largest absolute Gasteiger partial charge is 0.381 e. The molecule has 0 unspecified atom stereocenters. The Labute approximate surface area is 183 Å². The van der Waals surface area contributed by atoms with Gasteiger partial charge in [-0.1, -0.05) is 51.6 Å². The van der Waals surface area contributed by atoms with Gasteiger partial charge in [-0.3, -0.25) is 0 Å². The smallest absolute Gasteiger partial charge is 0.0564 e. The molecule has 1 saturated heterocycles. The van der Waals surface area contributed by atoms with Crippen LogP contribution in [-0.2, 0) is 16.0 Å². The Morgan fingerprint density at radius 1 is 0.929 bits per heavy atom. The summed E-state index contributed by atoms with van der Waals surface area (Å²) in [6, 6.07) is 13.2. The quantitative estimate of drug-likeness (QED) is 0.292. The van der Waals surface area contributed by atoms with Gasteiger partial charge in [-0.25, -0.2) is 0 Å². The second kappa shape index (κ2) is 8.86. The Kier molecular flexibility index (Phi) is 6.46. The predicted molar refractivity (Wildman–Crippen MR) is 123 cm³/mol. The van der Waals surface area contributed by atoms with Crippen LogP contribution in [0.2, 0.25) is 0 Å². The molecule has 3 aromatic rings. The number of nitrogens with zero attached hydrogens (tertiary/aromatic N) is 1. The molecule has 28 heavy (non-hydrogen) atoms. The van der Waals surface area contributed by atoms with Crippen molar-refractivity contribution in [1.29, 1.82) is 0 Å². The highest BCUT2D eigenvalue weighted by Gasteiger charge is 2.33. The van der Waals surface area contributed by atoms with Gasteiger partial charge in [0.15, 0.2) is 0 Å². The molecule has 3 nitrogen and oxygen atoms in total. The van der Waals surface area contributed by atoms with Gasteiger partial charge < -0.3 is 14.0 Å². The fourth-order valence-corrected chi connectivity index (χ4v) is 4.69. The summed E-state index contributed by atoms with van der Waals surface area (Å²) in [6.45, 7) is 6.68. The topological polar surface area (TPSA) is 23.4 Å². The Morgan fingerprint density at radius 3 is 2.11 bits per heavy atom. The van der Waals surface area contributed by atoms with Crippen LogP contribution in [0.1, 0.15) is 32.6 Å². The number of hydrogen-bond donors (Lipinski definition) is 0. The molecule has 0 amide bonds. The minimum atomic E-state index is 0.264. The maximum Gasteiger partial charge on any atom is 0.0564 e. The lowest BCUT2D eigenvalue weighted by atomic mass is 9.90. The van der Waals surface area contributed by atoms with Crippen molar-refractivity contribution < 1.29 is 9.47 Å². The first-order valence-electron chi connectivity index (χ1n) is 10.1. The lowest BCUT2D eigenvalue weighted by Crippen LogP contribution is -2.43. The molecule has 5 heteroatoms. The van der Waals surface area contributed by atoms with E-state index in [2.05, 4.69) is 79.7 Å². The monoisotopic (exact) mass is 507 g/mol. The third-order valence-electron chi connectivity index (χ3n) is 5.56. The van der Waals surface area contributed by atoms with Crippen molar-refractivity contribution in [3.05, 3.63) is 45.3 Å². The second-order valence-corrected chi connectivity index (χ2v) is 10.1. The molecular weight excluding hydrogens is 482 g/mol. The van der Waals surface area contributed by atoms with Crippen molar-refractivity contribution in [3.63, 3.8) is 0 Å². The van der Waals surface area contributed by atoms with Gasteiger partial charge in [0.1, 0.15) is 0 Å². The van der Waals surface area contributed by atoms with E-state index in [1.165, 1.54) is 41.1 Å². The molecule has 1 aliphatic heterocycles. The Hall–Kier alpha value is -0.880. The zero-order valence-electron chi connectivity index (χ0n) is 16.3. The van der Waals surface area contributed by atoms with E-state index < -0.39 is 0 Å². The molecule has 0 atom stereocenters. The van der Waals surface area contributed by atoms with Crippen LogP contribution in [0.4, 0.5) is 0 Å². The molecule has 1 fully saturated rings. The summed E-state index contributed by atoms with van der Waals surface area (Å²) in [5.74, 6) is 0. The maximum atomic E-state index is 5.84.